The highest BCUT2D eigenvalue weighted by molar-refractivity contribution is 5.98. The summed E-state index contributed by atoms with van der Waals surface area (Å²) in [6.45, 7) is 5.49. The summed E-state index contributed by atoms with van der Waals surface area (Å²) in [5, 5.41) is 0. The fourth-order valence-corrected chi connectivity index (χ4v) is 1.10. The fraction of sp³-hybridized carbons (Fsp3) is 0.545. The van der Waals surface area contributed by atoms with Gasteiger partial charge < -0.3 is 9.47 Å². The van der Waals surface area contributed by atoms with Crippen LogP contribution in [0.1, 0.15) is 31.3 Å². The summed E-state index contributed by atoms with van der Waals surface area (Å²) in [6, 6.07) is 1.64. The standard InChI is InChI=1S/C11H16N2O3/c1-11(2,3)9(14)7-6-8(15-4)13-10(12-7)16-5/h6H,1-5H3. The van der Waals surface area contributed by atoms with Gasteiger partial charge >= 0.3 is 6.01 Å². The van der Waals surface area contributed by atoms with Crippen LogP contribution in [0.2, 0.25) is 0 Å². The molecule has 0 saturated heterocycles. The van der Waals surface area contributed by atoms with Gasteiger partial charge in [0.05, 0.1) is 14.2 Å². The molecule has 0 spiro atoms. The summed E-state index contributed by atoms with van der Waals surface area (Å²) >= 11 is 0. The number of hydrogen-bond donors (Lipinski definition) is 0. The Bertz CT molecular complexity index is 374. The molecule has 0 N–H and O–H groups in total. The van der Waals surface area contributed by atoms with Crippen LogP contribution in [0.15, 0.2) is 6.07 Å². The number of aromatic nitrogens is 2. The molecule has 0 aromatic carbocycles. The molecule has 1 rings (SSSR count). The predicted molar refractivity (Wildman–Crippen MR) is 58.9 cm³/mol. The fourth-order valence-electron chi connectivity index (χ4n) is 1.10. The summed E-state index contributed by atoms with van der Waals surface area (Å²) in [6.07, 6.45) is 0. The SMILES string of the molecule is COc1cc(C(=O)C(C)(C)C)nc(OC)n1. The first-order valence-corrected chi connectivity index (χ1v) is 4.90. The highest BCUT2D eigenvalue weighted by atomic mass is 16.5. The lowest BCUT2D eigenvalue weighted by molar-refractivity contribution is 0.0851. The van der Waals surface area contributed by atoms with Gasteiger partial charge in [0.25, 0.3) is 0 Å². The summed E-state index contributed by atoms with van der Waals surface area (Å²) in [5.41, 5.74) is -0.194. The van der Waals surface area contributed by atoms with Gasteiger partial charge in [-0.05, 0) is 0 Å². The largest absolute Gasteiger partial charge is 0.481 e. The van der Waals surface area contributed by atoms with E-state index < -0.39 is 5.41 Å². The third-order valence-corrected chi connectivity index (χ3v) is 1.99. The van der Waals surface area contributed by atoms with E-state index in [0.29, 0.717) is 11.6 Å². The van der Waals surface area contributed by atoms with Gasteiger partial charge in [0.1, 0.15) is 5.69 Å². The van der Waals surface area contributed by atoms with Gasteiger partial charge in [-0.15, -0.1) is 0 Å². The monoisotopic (exact) mass is 224 g/mol. The Kier molecular flexibility index (Phi) is 3.47. The summed E-state index contributed by atoms with van der Waals surface area (Å²) in [4.78, 5) is 19.9. The third kappa shape index (κ3) is 2.68. The molecule has 0 atom stereocenters. The Morgan fingerprint density at radius 1 is 1.19 bits per heavy atom. The zero-order valence-electron chi connectivity index (χ0n) is 10.2. The minimum atomic E-state index is -0.496. The number of carbonyl (C=O) groups excluding carboxylic acids is 1. The summed E-state index contributed by atoms with van der Waals surface area (Å²) < 4.78 is 9.88. The number of rotatable bonds is 3. The van der Waals surface area contributed by atoms with Crippen LogP contribution in [0.5, 0.6) is 11.9 Å². The van der Waals surface area contributed by atoms with Crippen molar-refractivity contribution >= 4 is 5.78 Å². The van der Waals surface area contributed by atoms with E-state index in [1.54, 1.807) is 0 Å². The number of carbonyl (C=O) groups is 1. The number of hydrogen-bond acceptors (Lipinski definition) is 5. The minimum Gasteiger partial charge on any atom is -0.481 e. The maximum Gasteiger partial charge on any atom is 0.320 e. The van der Waals surface area contributed by atoms with Crippen LogP contribution in [0.3, 0.4) is 0 Å². The van der Waals surface area contributed by atoms with Crippen LogP contribution in [0.4, 0.5) is 0 Å². The first-order chi connectivity index (χ1) is 7.38. The quantitative estimate of drug-likeness (QED) is 0.731. The molecule has 5 heteroatoms. The van der Waals surface area contributed by atoms with E-state index in [4.69, 9.17) is 9.47 Å². The van der Waals surface area contributed by atoms with E-state index in [-0.39, 0.29) is 11.8 Å². The van der Waals surface area contributed by atoms with E-state index >= 15 is 0 Å². The molecule has 88 valence electrons. The Balaban J connectivity index is 3.18. The smallest absolute Gasteiger partial charge is 0.320 e. The molecular formula is C11H16N2O3. The Morgan fingerprint density at radius 3 is 2.25 bits per heavy atom. The number of ketones is 1. The van der Waals surface area contributed by atoms with E-state index in [1.807, 2.05) is 20.8 Å². The molecule has 0 aliphatic rings. The maximum absolute atomic E-state index is 12.0. The van der Waals surface area contributed by atoms with Crippen LogP contribution < -0.4 is 9.47 Å². The maximum atomic E-state index is 12.0. The number of nitrogens with zero attached hydrogens (tertiary/aromatic N) is 2. The highest BCUT2D eigenvalue weighted by Crippen LogP contribution is 2.22. The average molecular weight is 224 g/mol. The molecule has 0 amide bonds. The molecule has 0 saturated carbocycles. The summed E-state index contributed by atoms with van der Waals surface area (Å²) in [7, 11) is 2.92. The first-order valence-electron chi connectivity index (χ1n) is 4.90. The van der Waals surface area contributed by atoms with Crippen LogP contribution in [0.25, 0.3) is 0 Å². The van der Waals surface area contributed by atoms with Gasteiger partial charge in [0, 0.05) is 11.5 Å². The second-order valence-electron chi connectivity index (χ2n) is 4.36. The van der Waals surface area contributed by atoms with Crippen LogP contribution in [-0.4, -0.2) is 30.0 Å². The Hall–Kier alpha value is -1.65. The van der Waals surface area contributed by atoms with E-state index in [0.717, 1.165) is 0 Å². The molecule has 0 unspecified atom stereocenters. The van der Waals surface area contributed by atoms with Crippen molar-refractivity contribution in [2.24, 2.45) is 5.41 Å². The summed E-state index contributed by atoms with van der Waals surface area (Å²) in [5.74, 6) is 0.242. The Morgan fingerprint density at radius 2 is 1.81 bits per heavy atom. The van der Waals surface area contributed by atoms with Gasteiger partial charge in [-0.2, -0.15) is 9.97 Å². The van der Waals surface area contributed by atoms with Crippen LogP contribution in [0, 0.1) is 5.41 Å². The minimum absolute atomic E-state index is 0.0773. The first kappa shape index (κ1) is 12.4. The van der Waals surface area contributed by atoms with E-state index in [2.05, 4.69) is 9.97 Å². The topological polar surface area (TPSA) is 61.3 Å². The molecule has 1 aromatic heterocycles. The normalized spacial score (nSPS) is 11.1. The molecule has 0 radical (unpaired) electrons. The second-order valence-corrected chi connectivity index (χ2v) is 4.36. The van der Waals surface area contributed by atoms with E-state index in [1.165, 1.54) is 20.3 Å². The predicted octanol–water partition coefficient (Wildman–Crippen LogP) is 1.72. The van der Waals surface area contributed by atoms with Crippen molar-refractivity contribution in [3.63, 3.8) is 0 Å². The number of Topliss-reactive ketones (excluding diaryl/α,β-unsaturated/α-hetero) is 1. The average Bonchev–Trinajstić information content (AvgIpc) is 2.26. The molecule has 0 bridgehead atoms. The van der Waals surface area contributed by atoms with Gasteiger partial charge in [-0.25, -0.2) is 0 Å². The van der Waals surface area contributed by atoms with Crippen molar-refractivity contribution in [3.05, 3.63) is 11.8 Å². The van der Waals surface area contributed by atoms with Crippen LogP contribution in [-0.2, 0) is 0 Å². The van der Waals surface area contributed by atoms with Crippen molar-refractivity contribution in [2.75, 3.05) is 14.2 Å². The lowest BCUT2D eigenvalue weighted by atomic mass is 9.89. The van der Waals surface area contributed by atoms with Gasteiger partial charge in [0.15, 0.2) is 5.78 Å². The zero-order valence-corrected chi connectivity index (χ0v) is 10.2. The molecule has 1 heterocycles. The molecule has 0 aliphatic heterocycles. The van der Waals surface area contributed by atoms with Crippen molar-refractivity contribution < 1.29 is 14.3 Å². The van der Waals surface area contributed by atoms with E-state index in [9.17, 15) is 4.79 Å². The third-order valence-electron chi connectivity index (χ3n) is 1.99. The van der Waals surface area contributed by atoms with Crippen molar-refractivity contribution in [2.45, 2.75) is 20.8 Å². The van der Waals surface area contributed by atoms with Crippen molar-refractivity contribution in [3.8, 4) is 11.9 Å². The van der Waals surface area contributed by atoms with Gasteiger partial charge in [0.2, 0.25) is 5.88 Å². The zero-order chi connectivity index (χ0) is 12.3. The lowest BCUT2D eigenvalue weighted by Gasteiger charge is -2.16. The van der Waals surface area contributed by atoms with Gasteiger partial charge in [-0.1, -0.05) is 20.8 Å². The molecular weight excluding hydrogens is 208 g/mol. The van der Waals surface area contributed by atoms with Crippen molar-refractivity contribution in [1.82, 2.24) is 9.97 Å². The Labute approximate surface area is 94.8 Å². The molecule has 0 aliphatic carbocycles. The van der Waals surface area contributed by atoms with Gasteiger partial charge in [-0.3, -0.25) is 4.79 Å². The second kappa shape index (κ2) is 4.47. The van der Waals surface area contributed by atoms with Crippen molar-refractivity contribution in [1.29, 1.82) is 0 Å². The molecule has 16 heavy (non-hydrogen) atoms. The molecule has 5 nitrogen and oxygen atoms in total. The molecule has 1 aromatic rings. The van der Waals surface area contributed by atoms with Crippen LogP contribution >= 0.6 is 0 Å². The number of methoxy groups -OCH3 is 2. The lowest BCUT2D eigenvalue weighted by Crippen LogP contribution is -2.21. The molecule has 0 fully saturated rings. The highest BCUT2D eigenvalue weighted by Gasteiger charge is 2.25. The number of ether oxygens (including phenoxy) is 2.